The Hall–Kier alpha value is -0.860. The van der Waals surface area contributed by atoms with Gasteiger partial charge in [-0.3, -0.25) is 0 Å². The van der Waals surface area contributed by atoms with Gasteiger partial charge >= 0.3 is 0 Å². The number of benzene rings is 1. The van der Waals surface area contributed by atoms with E-state index in [1.54, 1.807) is 0 Å². The molecule has 0 radical (unpaired) electrons. The van der Waals surface area contributed by atoms with Gasteiger partial charge in [-0.15, -0.1) is 0 Å². The summed E-state index contributed by atoms with van der Waals surface area (Å²) in [6.07, 6.45) is 5.02. The van der Waals surface area contributed by atoms with Crippen molar-refractivity contribution in [3.63, 3.8) is 0 Å². The van der Waals surface area contributed by atoms with Crippen LogP contribution in [-0.2, 0) is 0 Å². The molecule has 1 aromatic carbocycles. The summed E-state index contributed by atoms with van der Waals surface area (Å²) in [5.74, 6) is 1.24. The van der Waals surface area contributed by atoms with Crippen molar-refractivity contribution in [3.05, 3.63) is 35.4 Å². The Morgan fingerprint density at radius 1 is 1.00 bits per heavy atom. The first-order chi connectivity index (χ1) is 9.11. The summed E-state index contributed by atoms with van der Waals surface area (Å²) >= 11 is 0. The molecule has 0 amide bonds. The lowest BCUT2D eigenvalue weighted by atomic mass is 9.79. The number of rotatable bonds is 4. The van der Waals surface area contributed by atoms with E-state index in [-0.39, 0.29) is 6.04 Å². The van der Waals surface area contributed by atoms with E-state index in [2.05, 4.69) is 50.5 Å². The van der Waals surface area contributed by atoms with Crippen LogP contribution in [0.2, 0.25) is 0 Å². The van der Waals surface area contributed by atoms with Crippen LogP contribution in [0, 0.1) is 5.92 Å². The van der Waals surface area contributed by atoms with Gasteiger partial charge in [0.15, 0.2) is 0 Å². The van der Waals surface area contributed by atoms with Crippen LogP contribution in [-0.4, -0.2) is 13.1 Å². The van der Waals surface area contributed by atoms with Gasteiger partial charge in [0.1, 0.15) is 0 Å². The van der Waals surface area contributed by atoms with Crippen LogP contribution in [0.1, 0.15) is 62.6 Å². The summed E-state index contributed by atoms with van der Waals surface area (Å²) in [5.41, 5.74) is 9.16. The van der Waals surface area contributed by atoms with Gasteiger partial charge < -0.3 is 11.1 Å². The third kappa shape index (κ3) is 3.58. The van der Waals surface area contributed by atoms with Crippen molar-refractivity contribution < 1.29 is 0 Å². The van der Waals surface area contributed by atoms with Crippen LogP contribution < -0.4 is 11.1 Å². The number of nitrogens with one attached hydrogen (secondary N) is 1. The van der Waals surface area contributed by atoms with E-state index in [1.807, 2.05) is 0 Å². The van der Waals surface area contributed by atoms with Crippen LogP contribution >= 0.6 is 0 Å². The van der Waals surface area contributed by atoms with Gasteiger partial charge in [0.25, 0.3) is 0 Å². The van der Waals surface area contributed by atoms with Gasteiger partial charge in [0, 0.05) is 12.1 Å². The van der Waals surface area contributed by atoms with E-state index in [0.717, 1.165) is 0 Å². The summed E-state index contributed by atoms with van der Waals surface area (Å²) in [7, 11) is 2.07. The zero-order valence-electron chi connectivity index (χ0n) is 12.5. The molecule has 1 atom stereocenters. The molecule has 0 bridgehead atoms. The molecule has 0 aromatic heterocycles. The van der Waals surface area contributed by atoms with Crippen molar-refractivity contribution in [1.82, 2.24) is 5.32 Å². The van der Waals surface area contributed by atoms with E-state index in [0.29, 0.717) is 17.9 Å². The van der Waals surface area contributed by atoms with Crippen molar-refractivity contribution in [2.75, 3.05) is 7.05 Å². The molecule has 3 N–H and O–H groups in total. The fraction of sp³-hybridized carbons (Fsp3) is 0.647. The van der Waals surface area contributed by atoms with Crippen molar-refractivity contribution in [2.24, 2.45) is 11.7 Å². The SMILES string of the molecule is CNC1CCC(C(N)c2ccc(C(C)C)cc2)CC1. The van der Waals surface area contributed by atoms with Gasteiger partial charge in [0.2, 0.25) is 0 Å². The zero-order valence-corrected chi connectivity index (χ0v) is 12.5. The summed E-state index contributed by atoms with van der Waals surface area (Å²) in [5, 5.41) is 3.38. The Bertz CT molecular complexity index is 375. The van der Waals surface area contributed by atoms with Crippen LogP contribution in [0.3, 0.4) is 0 Å². The Kier molecular flexibility index (Phi) is 5.00. The average molecular weight is 260 g/mol. The van der Waals surface area contributed by atoms with Crippen LogP contribution in [0.25, 0.3) is 0 Å². The molecule has 0 spiro atoms. The Morgan fingerprint density at radius 3 is 2.00 bits per heavy atom. The molecule has 0 heterocycles. The maximum atomic E-state index is 6.46. The summed E-state index contributed by atoms with van der Waals surface area (Å²) in [4.78, 5) is 0. The third-order valence-electron chi connectivity index (χ3n) is 4.68. The van der Waals surface area contributed by atoms with Crippen LogP contribution in [0.15, 0.2) is 24.3 Å². The first kappa shape index (κ1) is 14.5. The molecule has 106 valence electrons. The molecule has 1 aliphatic rings. The largest absolute Gasteiger partial charge is 0.324 e. The first-order valence-corrected chi connectivity index (χ1v) is 7.64. The average Bonchev–Trinajstić information content (AvgIpc) is 2.46. The topological polar surface area (TPSA) is 38.0 Å². The second-order valence-corrected chi connectivity index (χ2v) is 6.25. The molecular formula is C17H28N2. The lowest BCUT2D eigenvalue weighted by Gasteiger charge is -2.32. The highest BCUT2D eigenvalue weighted by atomic mass is 14.9. The highest BCUT2D eigenvalue weighted by Crippen LogP contribution is 2.33. The predicted molar refractivity (Wildman–Crippen MR) is 82.3 cm³/mol. The molecule has 1 aromatic rings. The Labute approximate surface area is 117 Å². The Balaban J connectivity index is 1.97. The molecule has 2 heteroatoms. The summed E-state index contributed by atoms with van der Waals surface area (Å²) in [6.45, 7) is 4.46. The van der Waals surface area contributed by atoms with E-state index in [4.69, 9.17) is 5.73 Å². The smallest absolute Gasteiger partial charge is 0.0323 e. The molecule has 2 nitrogen and oxygen atoms in total. The van der Waals surface area contributed by atoms with Gasteiger partial charge in [-0.25, -0.2) is 0 Å². The van der Waals surface area contributed by atoms with Gasteiger partial charge in [-0.1, -0.05) is 38.1 Å². The number of hydrogen-bond donors (Lipinski definition) is 2. The highest BCUT2D eigenvalue weighted by Gasteiger charge is 2.25. The minimum atomic E-state index is 0.207. The maximum Gasteiger partial charge on any atom is 0.0323 e. The van der Waals surface area contributed by atoms with E-state index >= 15 is 0 Å². The third-order valence-corrected chi connectivity index (χ3v) is 4.68. The standard InChI is InChI=1S/C17H28N2/c1-12(2)13-4-6-14(7-5-13)17(18)15-8-10-16(19-3)11-9-15/h4-7,12,15-17,19H,8-11,18H2,1-3H3. The van der Waals surface area contributed by atoms with Gasteiger partial charge in [-0.2, -0.15) is 0 Å². The molecule has 2 rings (SSSR count). The predicted octanol–water partition coefficient (Wildman–Crippen LogP) is 3.59. The van der Waals surface area contributed by atoms with Crippen molar-refractivity contribution in [2.45, 2.75) is 57.5 Å². The van der Waals surface area contributed by atoms with Crippen molar-refractivity contribution in [1.29, 1.82) is 0 Å². The van der Waals surface area contributed by atoms with E-state index < -0.39 is 0 Å². The molecule has 19 heavy (non-hydrogen) atoms. The minimum absolute atomic E-state index is 0.207. The number of hydrogen-bond acceptors (Lipinski definition) is 2. The molecule has 0 saturated heterocycles. The minimum Gasteiger partial charge on any atom is -0.324 e. The second-order valence-electron chi connectivity index (χ2n) is 6.25. The lowest BCUT2D eigenvalue weighted by molar-refractivity contribution is 0.267. The number of nitrogens with two attached hydrogens (primary N) is 1. The highest BCUT2D eigenvalue weighted by molar-refractivity contribution is 5.27. The molecule has 1 unspecified atom stereocenters. The fourth-order valence-corrected chi connectivity index (χ4v) is 3.14. The molecule has 1 fully saturated rings. The van der Waals surface area contributed by atoms with Crippen molar-refractivity contribution in [3.8, 4) is 0 Å². The molecular weight excluding hydrogens is 232 g/mol. The summed E-state index contributed by atoms with van der Waals surface area (Å²) in [6, 6.07) is 9.83. The van der Waals surface area contributed by atoms with Gasteiger partial charge in [-0.05, 0) is 55.7 Å². The monoisotopic (exact) mass is 260 g/mol. The fourth-order valence-electron chi connectivity index (χ4n) is 3.14. The van der Waals surface area contributed by atoms with Crippen LogP contribution in [0.4, 0.5) is 0 Å². The zero-order chi connectivity index (χ0) is 13.8. The molecule has 1 saturated carbocycles. The summed E-state index contributed by atoms with van der Waals surface area (Å²) < 4.78 is 0. The maximum absolute atomic E-state index is 6.46. The van der Waals surface area contributed by atoms with E-state index in [1.165, 1.54) is 36.8 Å². The quantitative estimate of drug-likeness (QED) is 0.868. The molecule has 1 aliphatic carbocycles. The first-order valence-electron chi connectivity index (χ1n) is 7.64. The Morgan fingerprint density at radius 2 is 1.53 bits per heavy atom. The van der Waals surface area contributed by atoms with Crippen LogP contribution in [0.5, 0.6) is 0 Å². The van der Waals surface area contributed by atoms with Crippen molar-refractivity contribution >= 4 is 0 Å². The lowest BCUT2D eigenvalue weighted by Crippen LogP contribution is -2.33. The van der Waals surface area contributed by atoms with E-state index in [9.17, 15) is 0 Å². The second kappa shape index (κ2) is 6.53. The molecule has 0 aliphatic heterocycles. The van der Waals surface area contributed by atoms with Gasteiger partial charge in [0.05, 0.1) is 0 Å². The normalized spacial score (nSPS) is 25.5.